The highest BCUT2D eigenvalue weighted by Crippen LogP contribution is 2.23. The van der Waals surface area contributed by atoms with Gasteiger partial charge in [0.05, 0.1) is 11.8 Å². The highest BCUT2D eigenvalue weighted by Gasteiger charge is 2.13. The molecule has 2 rings (SSSR count). The Morgan fingerprint density at radius 2 is 2.00 bits per heavy atom. The lowest BCUT2D eigenvalue weighted by Gasteiger charge is -2.10. The van der Waals surface area contributed by atoms with Gasteiger partial charge in [0.25, 0.3) is 0 Å². The van der Waals surface area contributed by atoms with Crippen LogP contribution >= 0.6 is 0 Å². The van der Waals surface area contributed by atoms with Crippen molar-refractivity contribution in [3.05, 3.63) is 41.6 Å². The molecule has 0 aliphatic rings. The van der Waals surface area contributed by atoms with Crippen LogP contribution in [0, 0.1) is 0 Å². The molecule has 1 aromatic heterocycles. The third-order valence-corrected chi connectivity index (χ3v) is 3.13. The first-order valence-electron chi connectivity index (χ1n) is 5.93. The Morgan fingerprint density at radius 1 is 1.37 bits per heavy atom. The maximum atomic E-state index is 10.9. The van der Waals surface area contributed by atoms with E-state index in [2.05, 4.69) is 5.10 Å². The molecule has 2 aromatic rings. The van der Waals surface area contributed by atoms with Crippen molar-refractivity contribution >= 4 is 5.97 Å². The normalized spacial score (nSPS) is 12.4. The van der Waals surface area contributed by atoms with Crippen molar-refractivity contribution in [2.75, 3.05) is 7.11 Å². The number of rotatable bonds is 4. The van der Waals surface area contributed by atoms with Crippen LogP contribution in [0.1, 0.15) is 29.1 Å². The molecule has 5 heteroatoms. The standard InChI is InChI=1S/C14H16N2O3/c1-9(19-3)10-4-6-11(7-5-10)13-8-12(14(17)18)15-16(13)2/h4-9H,1-3H3,(H,17,18). The Hall–Kier alpha value is -2.14. The van der Waals surface area contributed by atoms with Gasteiger partial charge < -0.3 is 9.84 Å². The molecule has 0 fully saturated rings. The average Bonchev–Trinajstić information content (AvgIpc) is 2.80. The van der Waals surface area contributed by atoms with Crippen LogP contribution in [0.3, 0.4) is 0 Å². The summed E-state index contributed by atoms with van der Waals surface area (Å²) in [6, 6.07) is 9.38. The molecular weight excluding hydrogens is 244 g/mol. The maximum absolute atomic E-state index is 10.9. The zero-order valence-electron chi connectivity index (χ0n) is 11.1. The van der Waals surface area contributed by atoms with E-state index in [1.165, 1.54) is 0 Å². The Labute approximate surface area is 111 Å². The second kappa shape index (κ2) is 5.24. The lowest BCUT2D eigenvalue weighted by molar-refractivity contribution is 0.0689. The van der Waals surface area contributed by atoms with E-state index in [-0.39, 0.29) is 11.8 Å². The molecule has 1 unspecified atom stereocenters. The zero-order chi connectivity index (χ0) is 14.0. The lowest BCUT2D eigenvalue weighted by Crippen LogP contribution is -1.99. The summed E-state index contributed by atoms with van der Waals surface area (Å²) >= 11 is 0. The van der Waals surface area contributed by atoms with Crippen LogP contribution in [0.5, 0.6) is 0 Å². The number of aryl methyl sites for hydroxylation is 1. The predicted octanol–water partition coefficient (Wildman–Crippen LogP) is 2.49. The minimum atomic E-state index is -1.02. The Bertz CT molecular complexity index is 587. The molecule has 1 heterocycles. The molecule has 1 N–H and O–H groups in total. The van der Waals surface area contributed by atoms with Gasteiger partial charge in [-0.05, 0) is 24.1 Å². The van der Waals surface area contributed by atoms with E-state index in [9.17, 15) is 4.79 Å². The van der Waals surface area contributed by atoms with E-state index >= 15 is 0 Å². The smallest absolute Gasteiger partial charge is 0.356 e. The van der Waals surface area contributed by atoms with Crippen molar-refractivity contribution in [3.63, 3.8) is 0 Å². The van der Waals surface area contributed by atoms with E-state index in [0.29, 0.717) is 0 Å². The van der Waals surface area contributed by atoms with Gasteiger partial charge in [0.2, 0.25) is 0 Å². The molecule has 100 valence electrons. The Balaban J connectivity index is 2.34. The number of aromatic nitrogens is 2. The number of hydrogen-bond acceptors (Lipinski definition) is 3. The summed E-state index contributed by atoms with van der Waals surface area (Å²) < 4.78 is 6.81. The van der Waals surface area contributed by atoms with E-state index in [1.807, 2.05) is 31.2 Å². The molecule has 0 bridgehead atoms. The molecule has 1 atom stereocenters. The summed E-state index contributed by atoms with van der Waals surface area (Å²) in [5, 5.41) is 12.9. The highest BCUT2D eigenvalue weighted by atomic mass is 16.5. The molecule has 0 spiro atoms. The molecule has 0 amide bonds. The van der Waals surface area contributed by atoms with Crippen LogP contribution in [0.25, 0.3) is 11.3 Å². The third-order valence-electron chi connectivity index (χ3n) is 3.13. The zero-order valence-corrected chi connectivity index (χ0v) is 11.1. The SMILES string of the molecule is COC(C)c1ccc(-c2cc(C(=O)O)nn2C)cc1. The third kappa shape index (κ3) is 2.66. The molecule has 19 heavy (non-hydrogen) atoms. The summed E-state index contributed by atoms with van der Waals surface area (Å²) in [7, 11) is 3.40. The van der Waals surface area contributed by atoms with Crippen LogP contribution in [0.2, 0.25) is 0 Å². The second-order valence-electron chi connectivity index (χ2n) is 4.34. The van der Waals surface area contributed by atoms with Crippen LogP contribution in [-0.4, -0.2) is 28.0 Å². The van der Waals surface area contributed by atoms with Crippen LogP contribution in [0.4, 0.5) is 0 Å². The van der Waals surface area contributed by atoms with E-state index in [1.54, 1.807) is 24.9 Å². The van der Waals surface area contributed by atoms with E-state index in [4.69, 9.17) is 9.84 Å². The quantitative estimate of drug-likeness (QED) is 0.917. The molecule has 0 aliphatic carbocycles. The fourth-order valence-electron chi connectivity index (χ4n) is 1.90. The van der Waals surface area contributed by atoms with Crippen molar-refractivity contribution in [1.82, 2.24) is 9.78 Å². The minimum absolute atomic E-state index is 0.0372. The molecule has 0 saturated heterocycles. The van der Waals surface area contributed by atoms with Crippen molar-refractivity contribution in [3.8, 4) is 11.3 Å². The van der Waals surface area contributed by atoms with Gasteiger partial charge in [0.15, 0.2) is 5.69 Å². The summed E-state index contributed by atoms with van der Waals surface area (Å²) in [4.78, 5) is 10.9. The van der Waals surface area contributed by atoms with E-state index < -0.39 is 5.97 Å². The number of methoxy groups -OCH3 is 1. The second-order valence-corrected chi connectivity index (χ2v) is 4.34. The van der Waals surface area contributed by atoms with Crippen LogP contribution in [0.15, 0.2) is 30.3 Å². The largest absolute Gasteiger partial charge is 0.476 e. The van der Waals surface area contributed by atoms with Gasteiger partial charge in [-0.3, -0.25) is 4.68 Å². The number of carbonyl (C=O) groups is 1. The fourth-order valence-corrected chi connectivity index (χ4v) is 1.90. The van der Waals surface area contributed by atoms with Crippen LogP contribution in [-0.2, 0) is 11.8 Å². The molecular formula is C14H16N2O3. The van der Waals surface area contributed by atoms with Crippen molar-refractivity contribution in [2.45, 2.75) is 13.0 Å². The van der Waals surface area contributed by atoms with Gasteiger partial charge in [-0.1, -0.05) is 24.3 Å². The van der Waals surface area contributed by atoms with Gasteiger partial charge in [-0.2, -0.15) is 5.10 Å². The monoisotopic (exact) mass is 260 g/mol. The van der Waals surface area contributed by atoms with Crippen molar-refractivity contribution in [2.24, 2.45) is 7.05 Å². The Morgan fingerprint density at radius 3 is 2.47 bits per heavy atom. The average molecular weight is 260 g/mol. The van der Waals surface area contributed by atoms with Gasteiger partial charge in [0, 0.05) is 14.2 Å². The van der Waals surface area contributed by atoms with Gasteiger partial charge >= 0.3 is 5.97 Å². The maximum Gasteiger partial charge on any atom is 0.356 e. The van der Waals surface area contributed by atoms with Crippen molar-refractivity contribution < 1.29 is 14.6 Å². The number of aromatic carboxylic acids is 1. The highest BCUT2D eigenvalue weighted by molar-refractivity contribution is 5.87. The first-order valence-corrected chi connectivity index (χ1v) is 5.93. The molecule has 0 radical (unpaired) electrons. The number of carboxylic acid groups (broad SMARTS) is 1. The summed E-state index contributed by atoms with van der Waals surface area (Å²) in [6.45, 7) is 1.97. The molecule has 0 saturated carbocycles. The molecule has 0 aliphatic heterocycles. The molecule has 5 nitrogen and oxygen atoms in total. The van der Waals surface area contributed by atoms with Gasteiger partial charge in [-0.25, -0.2) is 4.79 Å². The number of nitrogens with zero attached hydrogens (tertiary/aromatic N) is 2. The molecule has 1 aromatic carbocycles. The summed E-state index contributed by atoms with van der Waals surface area (Å²) in [6.07, 6.45) is 0.0372. The predicted molar refractivity (Wildman–Crippen MR) is 71.0 cm³/mol. The first-order chi connectivity index (χ1) is 9.02. The summed E-state index contributed by atoms with van der Waals surface area (Å²) in [5.74, 6) is -1.02. The van der Waals surface area contributed by atoms with E-state index in [0.717, 1.165) is 16.8 Å². The number of ether oxygens (including phenoxy) is 1. The number of hydrogen-bond donors (Lipinski definition) is 1. The number of benzene rings is 1. The van der Waals surface area contributed by atoms with Gasteiger partial charge in [0.1, 0.15) is 0 Å². The van der Waals surface area contributed by atoms with Gasteiger partial charge in [-0.15, -0.1) is 0 Å². The number of carboxylic acids is 1. The minimum Gasteiger partial charge on any atom is -0.476 e. The fraction of sp³-hybridized carbons (Fsp3) is 0.286. The van der Waals surface area contributed by atoms with Crippen molar-refractivity contribution in [1.29, 1.82) is 0 Å². The Kier molecular flexibility index (Phi) is 3.66. The lowest BCUT2D eigenvalue weighted by atomic mass is 10.1. The topological polar surface area (TPSA) is 64.3 Å². The van der Waals surface area contributed by atoms with Crippen LogP contribution < -0.4 is 0 Å². The summed E-state index contributed by atoms with van der Waals surface area (Å²) in [5.41, 5.74) is 2.82. The first kappa shape index (κ1) is 13.3.